The van der Waals surface area contributed by atoms with Crippen LogP contribution in [0.5, 0.6) is 0 Å². The molecular weight excluding hydrogens is 468 g/mol. The van der Waals surface area contributed by atoms with E-state index in [1.807, 2.05) is 0 Å². The predicted molar refractivity (Wildman–Crippen MR) is 121 cm³/mol. The Hall–Kier alpha value is -5.28. The third kappa shape index (κ3) is 9.39. The van der Waals surface area contributed by atoms with Gasteiger partial charge >= 0.3 is 12.1 Å². The summed E-state index contributed by atoms with van der Waals surface area (Å²) in [5, 5.41) is 26.1. The smallest absolute Gasteiger partial charge is 0.306 e. The van der Waals surface area contributed by atoms with E-state index in [1.165, 1.54) is 36.4 Å². The number of hydrogen-bond acceptors (Lipinski definition) is 8. The number of non-ortho nitro benzene ring substituents is 2. The van der Waals surface area contributed by atoms with Crippen molar-refractivity contribution in [1.82, 2.24) is 21.7 Å². The number of nitrogens with one attached hydrogen (secondary N) is 6. The lowest BCUT2D eigenvalue weighted by Gasteiger charge is -2.10. The molecule has 2 aromatic carbocycles. The average molecular weight is 488 g/mol. The number of nitrogens with zero attached hydrogens (tertiary/aromatic N) is 2. The number of nitro groups is 2. The number of benzene rings is 2. The summed E-state index contributed by atoms with van der Waals surface area (Å²) >= 11 is 0. The van der Waals surface area contributed by atoms with E-state index in [0.717, 1.165) is 12.1 Å². The first-order valence-electron chi connectivity index (χ1n) is 9.84. The second kappa shape index (κ2) is 12.7. The van der Waals surface area contributed by atoms with Crippen LogP contribution in [0.1, 0.15) is 19.3 Å². The molecule has 0 aliphatic carbocycles. The van der Waals surface area contributed by atoms with E-state index in [9.17, 15) is 39.4 Å². The first-order chi connectivity index (χ1) is 16.6. The summed E-state index contributed by atoms with van der Waals surface area (Å²) in [7, 11) is 0. The normalized spacial score (nSPS) is 9.83. The summed E-state index contributed by atoms with van der Waals surface area (Å²) in [4.78, 5) is 67.3. The van der Waals surface area contributed by atoms with E-state index in [-0.39, 0.29) is 42.0 Å². The van der Waals surface area contributed by atoms with Crippen molar-refractivity contribution in [2.75, 3.05) is 10.6 Å². The molecule has 0 saturated carbocycles. The molecule has 16 nitrogen and oxygen atoms in total. The molecule has 0 aromatic heterocycles. The zero-order valence-corrected chi connectivity index (χ0v) is 17.9. The maximum atomic E-state index is 11.8. The van der Waals surface area contributed by atoms with Gasteiger partial charge in [-0.15, -0.1) is 0 Å². The Morgan fingerprint density at radius 3 is 1.43 bits per heavy atom. The number of nitro benzene ring substituents is 2. The minimum Gasteiger partial charge on any atom is -0.306 e. The summed E-state index contributed by atoms with van der Waals surface area (Å²) < 4.78 is 0. The zero-order chi connectivity index (χ0) is 25.8. The number of anilines is 2. The van der Waals surface area contributed by atoms with Gasteiger partial charge in [0, 0.05) is 48.5 Å². The van der Waals surface area contributed by atoms with Gasteiger partial charge in [0.1, 0.15) is 0 Å². The number of carbonyl (C=O) groups excluding carboxylic acids is 4. The third-order valence-electron chi connectivity index (χ3n) is 4.07. The third-order valence-corrected chi connectivity index (χ3v) is 4.07. The molecule has 6 amide bonds. The van der Waals surface area contributed by atoms with Crippen LogP contribution in [0.15, 0.2) is 48.5 Å². The number of amides is 6. The van der Waals surface area contributed by atoms with Gasteiger partial charge in [-0.3, -0.25) is 40.7 Å². The van der Waals surface area contributed by atoms with Crippen molar-refractivity contribution in [2.45, 2.75) is 19.3 Å². The zero-order valence-electron chi connectivity index (χ0n) is 17.9. The van der Waals surface area contributed by atoms with Gasteiger partial charge in [0.2, 0.25) is 11.8 Å². The van der Waals surface area contributed by atoms with Crippen LogP contribution in [0.3, 0.4) is 0 Å². The Balaban J connectivity index is 1.62. The van der Waals surface area contributed by atoms with Gasteiger partial charge in [-0.05, 0) is 18.6 Å². The highest BCUT2D eigenvalue weighted by Crippen LogP contribution is 2.17. The van der Waals surface area contributed by atoms with Crippen LogP contribution in [0.2, 0.25) is 0 Å². The Labute approximate surface area is 196 Å². The fraction of sp³-hybridized carbons (Fsp3) is 0.158. The van der Waals surface area contributed by atoms with E-state index in [0.29, 0.717) is 0 Å². The van der Waals surface area contributed by atoms with E-state index in [2.05, 4.69) is 32.3 Å². The molecule has 2 rings (SSSR count). The van der Waals surface area contributed by atoms with E-state index in [1.54, 1.807) is 0 Å². The Kier molecular flexibility index (Phi) is 9.41. The lowest BCUT2D eigenvalue weighted by molar-refractivity contribution is -0.385. The molecule has 0 heterocycles. The quantitative estimate of drug-likeness (QED) is 0.236. The van der Waals surface area contributed by atoms with Gasteiger partial charge in [0.05, 0.1) is 9.85 Å². The molecule has 16 heteroatoms. The lowest BCUT2D eigenvalue weighted by Crippen LogP contribution is -2.44. The summed E-state index contributed by atoms with van der Waals surface area (Å²) in [6.45, 7) is 0. The van der Waals surface area contributed by atoms with Crippen LogP contribution in [0.4, 0.5) is 32.3 Å². The summed E-state index contributed by atoms with van der Waals surface area (Å²) in [6, 6.07) is 8.70. The number of rotatable bonds is 8. The van der Waals surface area contributed by atoms with Crippen LogP contribution in [0, 0.1) is 20.2 Å². The number of hydrazine groups is 2. The summed E-state index contributed by atoms with van der Waals surface area (Å²) in [5.41, 5.74) is 8.19. The minimum atomic E-state index is -0.837. The van der Waals surface area contributed by atoms with E-state index in [4.69, 9.17) is 0 Å². The fourth-order valence-electron chi connectivity index (χ4n) is 2.51. The molecule has 184 valence electrons. The molecule has 6 N–H and O–H groups in total. The van der Waals surface area contributed by atoms with Crippen molar-refractivity contribution >= 4 is 46.6 Å². The topological polar surface area (TPSA) is 227 Å². The highest BCUT2D eigenvalue weighted by Gasteiger charge is 2.11. The van der Waals surface area contributed by atoms with Crippen molar-refractivity contribution in [2.24, 2.45) is 0 Å². The van der Waals surface area contributed by atoms with Gasteiger partial charge in [-0.25, -0.2) is 20.4 Å². The van der Waals surface area contributed by atoms with Crippen LogP contribution < -0.4 is 32.3 Å². The standard InChI is InChI=1S/C19H20N8O8/c28-16(22-24-18(30)20-12-4-1-6-14(10-12)26(32)33)8-3-9-17(29)23-25-19(31)21-13-5-2-7-15(11-13)27(34)35/h1-2,4-7,10-11H,3,8-9H2,(H,22,28)(H,23,29)(H2,20,24,30)(H2,21,25,31). The van der Waals surface area contributed by atoms with Crippen molar-refractivity contribution in [3.63, 3.8) is 0 Å². The summed E-state index contributed by atoms with van der Waals surface area (Å²) in [6.07, 6.45) is -0.186. The highest BCUT2D eigenvalue weighted by molar-refractivity contribution is 5.92. The van der Waals surface area contributed by atoms with Crippen molar-refractivity contribution in [3.05, 3.63) is 68.8 Å². The monoisotopic (exact) mass is 488 g/mol. The average Bonchev–Trinajstić information content (AvgIpc) is 2.81. The summed E-state index contributed by atoms with van der Waals surface area (Å²) in [5.74, 6) is -1.22. The maximum Gasteiger partial charge on any atom is 0.337 e. The molecule has 0 spiro atoms. The fourth-order valence-corrected chi connectivity index (χ4v) is 2.51. The lowest BCUT2D eigenvalue weighted by atomic mass is 10.2. The molecule has 35 heavy (non-hydrogen) atoms. The largest absolute Gasteiger partial charge is 0.337 e. The number of hydrogen-bond donors (Lipinski definition) is 6. The molecule has 0 saturated heterocycles. The first kappa shape index (κ1) is 26.0. The maximum absolute atomic E-state index is 11.8. The molecule has 0 bridgehead atoms. The SMILES string of the molecule is O=C(CCCC(=O)NNC(=O)Nc1cccc([N+](=O)[O-])c1)NNC(=O)Nc1cccc([N+](=O)[O-])c1. The van der Waals surface area contributed by atoms with E-state index >= 15 is 0 Å². The van der Waals surface area contributed by atoms with Crippen LogP contribution in [-0.4, -0.2) is 33.7 Å². The van der Waals surface area contributed by atoms with Gasteiger partial charge < -0.3 is 10.6 Å². The number of urea groups is 2. The Bertz CT molecular complexity index is 1050. The molecule has 0 fully saturated rings. The van der Waals surface area contributed by atoms with Gasteiger partial charge in [0.25, 0.3) is 11.4 Å². The Morgan fingerprint density at radius 2 is 1.06 bits per heavy atom. The second-order valence-electron chi connectivity index (χ2n) is 6.72. The van der Waals surface area contributed by atoms with Crippen LogP contribution in [0.25, 0.3) is 0 Å². The molecule has 2 aromatic rings. The van der Waals surface area contributed by atoms with Crippen molar-refractivity contribution in [1.29, 1.82) is 0 Å². The molecule has 0 aliphatic rings. The molecule has 0 atom stereocenters. The molecule has 0 radical (unpaired) electrons. The van der Waals surface area contributed by atoms with Crippen LogP contribution >= 0.6 is 0 Å². The second-order valence-corrected chi connectivity index (χ2v) is 6.72. The molecule has 0 aliphatic heterocycles. The van der Waals surface area contributed by atoms with Gasteiger partial charge in [-0.1, -0.05) is 12.1 Å². The predicted octanol–water partition coefficient (Wildman–Crippen LogP) is 1.68. The number of carbonyl (C=O) groups is 4. The van der Waals surface area contributed by atoms with Crippen LogP contribution in [-0.2, 0) is 9.59 Å². The van der Waals surface area contributed by atoms with E-state index < -0.39 is 33.7 Å². The highest BCUT2D eigenvalue weighted by atomic mass is 16.6. The van der Waals surface area contributed by atoms with Gasteiger partial charge in [-0.2, -0.15) is 0 Å². The van der Waals surface area contributed by atoms with Crippen molar-refractivity contribution < 1.29 is 29.0 Å². The minimum absolute atomic E-state index is 0.0834. The molecule has 0 unspecified atom stereocenters. The first-order valence-corrected chi connectivity index (χ1v) is 9.84. The molecular formula is C19H20N8O8. The van der Waals surface area contributed by atoms with Gasteiger partial charge in [0.15, 0.2) is 0 Å². The van der Waals surface area contributed by atoms with Crippen molar-refractivity contribution in [3.8, 4) is 0 Å². The Morgan fingerprint density at radius 1 is 0.657 bits per heavy atom.